The Balaban J connectivity index is 2.71. The number of aliphatic hydroxyl groups excluding tert-OH is 1. The molecule has 0 saturated carbocycles. The Morgan fingerprint density at radius 1 is 1.90 bits per heavy atom. The predicted molar refractivity (Wildman–Crippen MR) is 42.9 cm³/mol. The highest BCUT2D eigenvalue weighted by Crippen LogP contribution is 2.08. The molecule has 0 radical (unpaired) electrons. The maximum atomic E-state index is 8.64. The van der Waals surface area contributed by atoms with Gasteiger partial charge in [0.1, 0.15) is 5.01 Å². The van der Waals surface area contributed by atoms with Crippen LogP contribution in [-0.4, -0.2) is 16.7 Å². The van der Waals surface area contributed by atoms with Gasteiger partial charge in [0.15, 0.2) is 0 Å². The highest BCUT2D eigenvalue weighted by atomic mass is 32.1. The van der Waals surface area contributed by atoms with Crippen LogP contribution in [0.1, 0.15) is 11.9 Å². The van der Waals surface area contributed by atoms with Gasteiger partial charge in [-0.3, -0.25) is 0 Å². The summed E-state index contributed by atoms with van der Waals surface area (Å²) in [7, 11) is 0. The van der Waals surface area contributed by atoms with Gasteiger partial charge in [0.25, 0.3) is 0 Å². The molecule has 0 bridgehead atoms. The summed E-state index contributed by atoms with van der Waals surface area (Å²) in [6.45, 7) is 1.99. The number of aliphatic hydroxyl groups is 1. The van der Waals surface area contributed by atoms with E-state index < -0.39 is 0 Å². The molecule has 0 amide bonds. The molecular formula is C7H9NOS. The van der Waals surface area contributed by atoms with Gasteiger partial charge >= 0.3 is 0 Å². The fourth-order valence-corrected chi connectivity index (χ4v) is 1.21. The van der Waals surface area contributed by atoms with E-state index in [0.717, 1.165) is 10.6 Å². The van der Waals surface area contributed by atoms with Gasteiger partial charge in [0, 0.05) is 11.6 Å². The number of aromatic nitrogens is 1. The van der Waals surface area contributed by atoms with E-state index in [4.69, 9.17) is 5.11 Å². The number of rotatable bonds is 2. The predicted octanol–water partition coefficient (Wildman–Crippen LogP) is 1.54. The van der Waals surface area contributed by atoms with Gasteiger partial charge in [-0.15, -0.1) is 11.3 Å². The first-order valence-corrected chi connectivity index (χ1v) is 3.88. The lowest BCUT2D eigenvalue weighted by Gasteiger charge is -1.89. The van der Waals surface area contributed by atoms with E-state index in [1.165, 1.54) is 0 Å². The SMILES string of the molecule is C/C(=C/c1nccs1)CO. The first kappa shape index (κ1) is 7.44. The number of hydrogen-bond acceptors (Lipinski definition) is 3. The van der Waals surface area contributed by atoms with Gasteiger partial charge in [0.05, 0.1) is 6.61 Å². The summed E-state index contributed by atoms with van der Waals surface area (Å²) in [6.07, 6.45) is 3.63. The summed E-state index contributed by atoms with van der Waals surface area (Å²) in [4.78, 5) is 4.04. The zero-order valence-corrected chi connectivity index (χ0v) is 6.56. The zero-order valence-electron chi connectivity index (χ0n) is 5.74. The van der Waals surface area contributed by atoms with E-state index in [9.17, 15) is 0 Å². The average Bonchev–Trinajstić information content (AvgIpc) is 2.40. The second-order valence-corrected chi connectivity index (χ2v) is 2.95. The molecule has 0 fully saturated rings. The van der Waals surface area contributed by atoms with E-state index in [-0.39, 0.29) is 6.61 Å². The molecular weight excluding hydrogens is 146 g/mol. The smallest absolute Gasteiger partial charge is 0.116 e. The van der Waals surface area contributed by atoms with Crippen molar-refractivity contribution in [1.82, 2.24) is 4.98 Å². The minimum atomic E-state index is 0.111. The Labute approximate surface area is 63.9 Å². The Hall–Kier alpha value is -0.670. The lowest BCUT2D eigenvalue weighted by atomic mass is 10.3. The van der Waals surface area contributed by atoms with Crippen molar-refractivity contribution >= 4 is 17.4 Å². The van der Waals surface area contributed by atoms with Crippen molar-refractivity contribution < 1.29 is 5.11 Å². The van der Waals surface area contributed by atoms with E-state index in [2.05, 4.69) is 4.98 Å². The molecule has 1 aromatic rings. The van der Waals surface area contributed by atoms with Crippen LogP contribution in [0.15, 0.2) is 17.2 Å². The Kier molecular flexibility index (Phi) is 2.59. The van der Waals surface area contributed by atoms with Gasteiger partial charge < -0.3 is 5.11 Å². The van der Waals surface area contributed by atoms with Crippen LogP contribution in [0.5, 0.6) is 0 Å². The van der Waals surface area contributed by atoms with E-state index in [0.29, 0.717) is 0 Å². The fraction of sp³-hybridized carbons (Fsp3) is 0.286. The summed E-state index contributed by atoms with van der Waals surface area (Å²) < 4.78 is 0. The Morgan fingerprint density at radius 2 is 2.70 bits per heavy atom. The van der Waals surface area contributed by atoms with Crippen LogP contribution in [0.25, 0.3) is 6.08 Å². The molecule has 0 atom stereocenters. The summed E-state index contributed by atoms with van der Waals surface area (Å²) in [5, 5.41) is 11.5. The molecule has 10 heavy (non-hydrogen) atoms. The van der Waals surface area contributed by atoms with Crippen LogP contribution in [-0.2, 0) is 0 Å². The van der Waals surface area contributed by atoms with Crippen molar-refractivity contribution in [2.45, 2.75) is 6.92 Å². The summed E-state index contributed by atoms with van der Waals surface area (Å²) in [5.41, 5.74) is 0.940. The maximum Gasteiger partial charge on any atom is 0.116 e. The van der Waals surface area contributed by atoms with Crippen LogP contribution in [0.3, 0.4) is 0 Å². The minimum absolute atomic E-state index is 0.111. The molecule has 0 aromatic carbocycles. The van der Waals surface area contributed by atoms with E-state index in [1.54, 1.807) is 17.5 Å². The molecule has 0 aliphatic heterocycles. The van der Waals surface area contributed by atoms with Crippen molar-refractivity contribution in [1.29, 1.82) is 0 Å². The monoisotopic (exact) mass is 155 g/mol. The van der Waals surface area contributed by atoms with E-state index >= 15 is 0 Å². The molecule has 0 saturated heterocycles. The largest absolute Gasteiger partial charge is 0.392 e. The third-order valence-corrected chi connectivity index (χ3v) is 1.79. The van der Waals surface area contributed by atoms with Crippen LogP contribution < -0.4 is 0 Å². The van der Waals surface area contributed by atoms with Gasteiger partial charge in [-0.1, -0.05) is 0 Å². The molecule has 0 unspecified atom stereocenters. The standard InChI is InChI=1S/C7H9NOS/c1-6(5-9)4-7-8-2-3-10-7/h2-4,9H,5H2,1H3/b6-4-. The van der Waals surface area contributed by atoms with Crippen LogP contribution >= 0.6 is 11.3 Å². The lowest BCUT2D eigenvalue weighted by molar-refractivity contribution is 0.332. The number of thiazole rings is 1. The van der Waals surface area contributed by atoms with Gasteiger partial charge in [-0.25, -0.2) is 4.98 Å². The topological polar surface area (TPSA) is 33.1 Å². The Morgan fingerprint density at radius 3 is 3.20 bits per heavy atom. The molecule has 1 aromatic heterocycles. The molecule has 54 valence electrons. The Bertz CT molecular complexity index is 216. The van der Waals surface area contributed by atoms with Gasteiger partial charge in [0.2, 0.25) is 0 Å². The van der Waals surface area contributed by atoms with Crippen molar-refractivity contribution in [3.05, 3.63) is 22.2 Å². The molecule has 0 spiro atoms. The van der Waals surface area contributed by atoms with Crippen LogP contribution in [0.4, 0.5) is 0 Å². The maximum absolute atomic E-state index is 8.64. The van der Waals surface area contributed by atoms with Crippen molar-refractivity contribution in [2.24, 2.45) is 0 Å². The molecule has 0 aliphatic rings. The molecule has 1 N–H and O–H groups in total. The first-order chi connectivity index (χ1) is 4.83. The number of nitrogens with zero attached hydrogens (tertiary/aromatic N) is 1. The second kappa shape index (κ2) is 3.49. The molecule has 1 rings (SSSR count). The van der Waals surface area contributed by atoms with Crippen molar-refractivity contribution in [3.63, 3.8) is 0 Å². The molecule has 3 heteroatoms. The third-order valence-electron chi connectivity index (χ3n) is 1.07. The molecule has 1 heterocycles. The third kappa shape index (κ3) is 1.93. The molecule has 0 aliphatic carbocycles. The van der Waals surface area contributed by atoms with Gasteiger partial charge in [-0.2, -0.15) is 0 Å². The number of hydrogen-bond donors (Lipinski definition) is 1. The minimum Gasteiger partial charge on any atom is -0.392 e. The zero-order chi connectivity index (χ0) is 7.40. The van der Waals surface area contributed by atoms with Crippen LogP contribution in [0, 0.1) is 0 Å². The average molecular weight is 155 g/mol. The quantitative estimate of drug-likeness (QED) is 0.702. The van der Waals surface area contributed by atoms with Gasteiger partial charge in [-0.05, 0) is 18.6 Å². The molecule has 2 nitrogen and oxygen atoms in total. The first-order valence-electron chi connectivity index (χ1n) is 3.00. The summed E-state index contributed by atoms with van der Waals surface area (Å²) >= 11 is 1.57. The normalized spacial score (nSPS) is 12.0. The van der Waals surface area contributed by atoms with Crippen molar-refractivity contribution in [2.75, 3.05) is 6.61 Å². The highest BCUT2D eigenvalue weighted by molar-refractivity contribution is 7.10. The lowest BCUT2D eigenvalue weighted by Crippen LogP contribution is -1.82. The summed E-state index contributed by atoms with van der Waals surface area (Å²) in [5.74, 6) is 0. The van der Waals surface area contributed by atoms with E-state index in [1.807, 2.05) is 18.4 Å². The highest BCUT2D eigenvalue weighted by Gasteiger charge is 1.89. The van der Waals surface area contributed by atoms with Crippen LogP contribution in [0.2, 0.25) is 0 Å². The van der Waals surface area contributed by atoms with Crippen molar-refractivity contribution in [3.8, 4) is 0 Å². The summed E-state index contributed by atoms with van der Waals surface area (Å²) in [6, 6.07) is 0. The fourth-order valence-electron chi connectivity index (χ4n) is 0.562. The second-order valence-electron chi connectivity index (χ2n) is 2.02.